The molecule has 0 aliphatic carbocycles. The fourth-order valence-electron chi connectivity index (χ4n) is 1.01. The number of hydrogen-bond acceptors (Lipinski definition) is 3. The van der Waals surface area contributed by atoms with Gasteiger partial charge in [-0.15, -0.1) is 4.91 Å². The molecule has 0 saturated carbocycles. The molecular weight excluding hydrogens is 194 g/mol. The maximum Gasteiger partial charge on any atom is 0.328 e. The first kappa shape index (κ1) is 10.8. The number of hydrogen-bond donors (Lipinski definition) is 1. The van der Waals surface area contributed by atoms with Crippen LogP contribution in [0.25, 0.3) is 6.08 Å². The highest BCUT2D eigenvalue weighted by molar-refractivity contribution is 5.80. The van der Waals surface area contributed by atoms with Crippen molar-refractivity contribution in [3.05, 3.63) is 53.0 Å². The predicted octanol–water partition coefficient (Wildman–Crippen LogP) is 2.74. The average molecular weight is 203 g/mol. The van der Waals surface area contributed by atoms with E-state index in [9.17, 15) is 9.70 Å². The molecule has 0 atom stereocenters. The van der Waals surface area contributed by atoms with Crippen molar-refractivity contribution < 1.29 is 9.90 Å². The van der Waals surface area contributed by atoms with Crippen LogP contribution in [0.5, 0.6) is 0 Å². The van der Waals surface area contributed by atoms with Gasteiger partial charge in [0.05, 0.1) is 0 Å². The fraction of sp³-hybridized carbons (Fsp3) is 0. The van der Waals surface area contributed by atoms with Crippen LogP contribution < -0.4 is 0 Å². The fourth-order valence-corrected chi connectivity index (χ4v) is 1.01. The first-order valence-electron chi connectivity index (χ1n) is 4.24. The monoisotopic (exact) mass is 203 g/mol. The molecule has 0 bridgehead atoms. The summed E-state index contributed by atoms with van der Waals surface area (Å²) >= 11 is 0. The van der Waals surface area contributed by atoms with Crippen LogP contribution in [-0.2, 0) is 4.79 Å². The summed E-state index contributed by atoms with van der Waals surface area (Å²) < 4.78 is 0. The molecule has 4 heteroatoms. The van der Waals surface area contributed by atoms with Crippen LogP contribution in [0.1, 0.15) is 5.56 Å². The van der Waals surface area contributed by atoms with Crippen LogP contribution in [0, 0.1) is 4.91 Å². The molecule has 1 aromatic rings. The summed E-state index contributed by atoms with van der Waals surface area (Å²) in [7, 11) is 0. The van der Waals surface area contributed by atoms with Gasteiger partial charge >= 0.3 is 5.97 Å². The van der Waals surface area contributed by atoms with E-state index in [0.29, 0.717) is 11.3 Å². The number of aliphatic carboxylic acids is 1. The molecular formula is C11H9NO3. The number of nitroso groups, excluding NO2 is 1. The highest BCUT2D eigenvalue weighted by atomic mass is 16.4. The number of carbonyl (C=O) groups is 1. The Morgan fingerprint density at radius 1 is 1.27 bits per heavy atom. The summed E-state index contributed by atoms with van der Waals surface area (Å²) in [6.45, 7) is 0. The summed E-state index contributed by atoms with van der Waals surface area (Å²) in [4.78, 5) is 20.5. The zero-order valence-corrected chi connectivity index (χ0v) is 7.83. The van der Waals surface area contributed by atoms with E-state index >= 15 is 0 Å². The highest BCUT2D eigenvalue weighted by Gasteiger charge is 1.95. The lowest BCUT2D eigenvalue weighted by molar-refractivity contribution is -0.131. The Hall–Kier alpha value is -2.23. The van der Waals surface area contributed by atoms with E-state index in [0.717, 1.165) is 6.08 Å². The predicted molar refractivity (Wildman–Crippen MR) is 57.7 cm³/mol. The van der Waals surface area contributed by atoms with E-state index in [1.54, 1.807) is 30.3 Å². The van der Waals surface area contributed by atoms with Crippen LogP contribution in [0.4, 0.5) is 5.69 Å². The molecule has 0 saturated heterocycles. The van der Waals surface area contributed by atoms with Crippen molar-refractivity contribution in [2.24, 2.45) is 5.18 Å². The van der Waals surface area contributed by atoms with E-state index < -0.39 is 5.97 Å². The van der Waals surface area contributed by atoms with Gasteiger partial charge in [0, 0.05) is 11.6 Å². The van der Waals surface area contributed by atoms with Crippen LogP contribution in [0.3, 0.4) is 0 Å². The smallest absolute Gasteiger partial charge is 0.328 e. The minimum atomic E-state index is -1.01. The minimum absolute atomic E-state index is 0.331. The Morgan fingerprint density at radius 3 is 2.67 bits per heavy atom. The van der Waals surface area contributed by atoms with Gasteiger partial charge in [0.25, 0.3) is 0 Å². The molecule has 15 heavy (non-hydrogen) atoms. The number of carboxylic acid groups (broad SMARTS) is 1. The molecule has 0 heterocycles. The van der Waals surface area contributed by atoms with Crippen LogP contribution >= 0.6 is 0 Å². The molecule has 0 aliphatic heterocycles. The normalized spacial score (nSPS) is 10.9. The molecule has 1 aromatic carbocycles. The molecule has 76 valence electrons. The average Bonchev–Trinajstić information content (AvgIpc) is 2.24. The maximum atomic E-state index is 10.4. The Bertz CT molecular complexity index is 422. The minimum Gasteiger partial charge on any atom is -0.478 e. The number of carboxylic acids is 1. The number of allylic oxidation sites excluding steroid dienone is 2. The summed E-state index contributed by atoms with van der Waals surface area (Å²) in [6.07, 6.45) is 5.55. The maximum absolute atomic E-state index is 10.4. The lowest BCUT2D eigenvalue weighted by Crippen LogP contribution is -1.84. The second kappa shape index (κ2) is 5.49. The van der Waals surface area contributed by atoms with Crippen molar-refractivity contribution in [3.8, 4) is 0 Å². The van der Waals surface area contributed by atoms with E-state index in [-0.39, 0.29) is 0 Å². The Kier molecular flexibility index (Phi) is 3.97. The zero-order valence-electron chi connectivity index (χ0n) is 7.83. The number of benzene rings is 1. The van der Waals surface area contributed by atoms with Gasteiger partial charge in [0.2, 0.25) is 0 Å². The molecule has 1 rings (SSSR count). The van der Waals surface area contributed by atoms with Crippen molar-refractivity contribution in [3.63, 3.8) is 0 Å². The molecule has 0 aliphatic rings. The number of rotatable bonds is 4. The lowest BCUT2D eigenvalue weighted by Gasteiger charge is -1.94. The first-order valence-corrected chi connectivity index (χ1v) is 4.24. The topological polar surface area (TPSA) is 66.7 Å². The largest absolute Gasteiger partial charge is 0.478 e. The van der Waals surface area contributed by atoms with Crippen LogP contribution in [-0.4, -0.2) is 11.1 Å². The SMILES string of the molecule is O=Nc1ccccc1/C=C/C=C/C(=O)O. The van der Waals surface area contributed by atoms with Gasteiger partial charge < -0.3 is 5.11 Å². The summed E-state index contributed by atoms with van der Waals surface area (Å²) in [5, 5.41) is 11.2. The van der Waals surface area contributed by atoms with Gasteiger partial charge in [-0.25, -0.2) is 4.79 Å². The third-order valence-corrected chi connectivity index (χ3v) is 1.66. The molecule has 0 radical (unpaired) electrons. The second-order valence-corrected chi connectivity index (χ2v) is 2.71. The van der Waals surface area contributed by atoms with Gasteiger partial charge in [-0.1, -0.05) is 36.4 Å². The van der Waals surface area contributed by atoms with Gasteiger partial charge in [0.15, 0.2) is 0 Å². The quantitative estimate of drug-likeness (QED) is 0.464. The first-order chi connectivity index (χ1) is 7.24. The molecule has 0 fully saturated rings. The van der Waals surface area contributed by atoms with E-state index in [1.807, 2.05) is 0 Å². The summed E-state index contributed by atoms with van der Waals surface area (Å²) in [6, 6.07) is 6.80. The van der Waals surface area contributed by atoms with Gasteiger partial charge in [-0.2, -0.15) is 0 Å². The summed E-state index contributed by atoms with van der Waals surface area (Å²) in [5.74, 6) is -1.01. The lowest BCUT2D eigenvalue weighted by atomic mass is 10.1. The van der Waals surface area contributed by atoms with Gasteiger partial charge in [-0.05, 0) is 11.2 Å². The molecule has 0 amide bonds. The third kappa shape index (κ3) is 3.56. The van der Waals surface area contributed by atoms with E-state index in [4.69, 9.17) is 5.11 Å². The van der Waals surface area contributed by atoms with Crippen molar-refractivity contribution in [2.45, 2.75) is 0 Å². The van der Waals surface area contributed by atoms with Gasteiger partial charge in [0.1, 0.15) is 5.69 Å². The molecule has 4 nitrogen and oxygen atoms in total. The van der Waals surface area contributed by atoms with Crippen LogP contribution in [0.2, 0.25) is 0 Å². The third-order valence-electron chi connectivity index (χ3n) is 1.66. The summed E-state index contributed by atoms with van der Waals surface area (Å²) in [5.41, 5.74) is 0.986. The Morgan fingerprint density at radius 2 is 2.00 bits per heavy atom. The Balaban J connectivity index is 2.80. The van der Waals surface area contributed by atoms with Gasteiger partial charge in [-0.3, -0.25) is 0 Å². The molecule has 0 spiro atoms. The van der Waals surface area contributed by atoms with Crippen LogP contribution in [0.15, 0.2) is 47.7 Å². The highest BCUT2D eigenvalue weighted by Crippen LogP contribution is 2.19. The standard InChI is InChI=1S/C11H9NO3/c13-11(14)8-4-2-6-9-5-1-3-7-10(9)12-15/h1-8H,(H,13,14)/b6-2+,8-4+. The van der Waals surface area contributed by atoms with E-state index in [1.165, 1.54) is 12.2 Å². The molecule has 1 N–H and O–H groups in total. The van der Waals surface area contributed by atoms with Crippen molar-refractivity contribution in [1.82, 2.24) is 0 Å². The zero-order chi connectivity index (χ0) is 11.1. The Labute approximate surface area is 86.5 Å². The molecule has 0 unspecified atom stereocenters. The second-order valence-electron chi connectivity index (χ2n) is 2.71. The van der Waals surface area contributed by atoms with E-state index in [2.05, 4.69) is 5.18 Å². The van der Waals surface area contributed by atoms with Crippen molar-refractivity contribution in [1.29, 1.82) is 0 Å². The molecule has 0 aromatic heterocycles. The number of nitrogens with zero attached hydrogens (tertiary/aromatic N) is 1. The van der Waals surface area contributed by atoms with Crippen molar-refractivity contribution in [2.75, 3.05) is 0 Å². The van der Waals surface area contributed by atoms with Crippen molar-refractivity contribution >= 4 is 17.7 Å².